The Labute approximate surface area is 373 Å². The molecule has 5 nitrogen and oxygen atoms in total. The summed E-state index contributed by atoms with van der Waals surface area (Å²) in [6.07, 6.45) is 9.68. The molecule has 9 aromatic rings. The molecular weight excluding hydrogens is 769 g/mol. The first-order valence-electron chi connectivity index (χ1n) is 22.1. The van der Waals surface area contributed by atoms with E-state index >= 15 is 0 Å². The van der Waals surface area contributed by atoms with Crippen molar-refractivity contribution in [2.75, 3.05) is 0 Å². The number of aromatic nitrogens is 4. The predicted octanol–water partition coefficient (Wildman–Crippen LogP) is 14.1. The molecule has 0 atom stereocenters. The lowest BCUT2D eigenvalue weighted by atomic mass is 9.75. The zero-order valence-corrected chi connectivity index (χ0v) is 38.4. The van der Waals surface area contributed by atoms with Crippen LogP contribution in [0.5, 0.6) is 11.5 Å². The summed E-state index contributed by atoms with van der Waals surface area (Å²) in [6, 6.07) is 54.4. The number of ether oxygens (including phenoxy) is 1. The Morgan fingerprint density at radius 3 is 1.76 bits per heavy atom. The van der Waals surface area contributed by atoms with E-state index in [1.807, 2.05) is 22.9 Å². The quantitative estimate of drug-likeness (QED) is 0.107. The van der Waals surface area contributed by atoms with Gasteiger partial charge in [0.05, 0.1) is 22.4 Å². The van der Waals surface area contributed by atoms with Crippen LogP contribution in [0, 0.1) is 6.33 Å². The molecule has 6 aromatic carbocycles. The van der Waals surface area contributed by atoms with Crippen LogP contribution in [0.4, 0.5) is 0 Å². The van der Waals surface area contributed by atoms with Crippen LogP contribution in [0.2, 0.25) is 0 Å². The molecule has 0 radical (unpaired) electrons. The summed E-state index contributed by atoms with van der Waals surface area (Å²) in [7, 11) is 0. The average Bonchev–Trinajstić information content (AvgIpc) is 3.90. The lowest BCUT2D eigenvalue weighted by molar-refractivity contribution is -0.599. The van der Waals surface area contributed by atoms with Gasteiger partial charge >= 0.3 is 0 Å². The van der Waals surface area contributed by atoms with Gasteiger partial charge in [0.15, 0.2) is 0 Å². The van der Waals surface area contributed by atoms with Crippen molar-refractivity contribution in [3.63, 3.8) is 0 Å². The van der Waals surface area contributed by atoms with E-state index in [4.69, 9.17) is 9.72 Å². The van der Waals surface area contributed by atoms with E-state index in [2.05, 4.69) is 237 Å². The molecule has 3 aromatic heterocycles. The van der Waals surface area contributed by atoms with Crippen molar-refractivity contribution in [1.82, 2.24) is 14.1 Å². The Kier molecular flexibility index (Phi) is 10.3. The van der Waals surface area contributed by atoms with Crippen LogP contribution in [0.1, 0.15) is 103 Å². The highest BCUT2D eigenvalue weighted by Gasteiger charge is 2.28. The number of hydrogen-bond acceptors (Lipinski definition) is 2. The zero-order valence-electron chi connectivity index (χ0n) is 38.4. The first-order valence-corrected chi connectivity index (χ1v) is 22.1. The molecule has 0 amide bonds. The van der Waals surface area contributed by atoms with Gasteiger partial charge in [0, 0.05) is 46.3 Å². The molecule has 63 heavy (non-hydrogen) atoms. The molecule has 0 aliphatic carbocycles. The highest BCUT2D eigenvalue weighted by Crippen LogP contribution is 2.40. The SMILES string of the molecule is CC(C)(C)c1cc(-[n+]2[c-]n(-c3cccc(Oc4ccc5c6ccc(C(C)(C)c7ccccc7)cc6n(-c6cc(C(C)(C)C)ccn6)c5c4)c3)cc2)cc(C(C)(C)c2ccccc2)c1. The van der Waals surface area contributed by atoms with Crippen LogP contribution in [0.3, 0.4) is 0 Å². The molecule has 0 unspecified atom stereocenters. The van der Waals surface area contributed by atoms with E-state index in [1.54, 1.807) is 0 Å². The number of imidazole rings is 1. The van der Waals surface area contributed by atoms with Crippen LogP contribution in [-0.2, 0) is 21.7 Å². The molecule has 0 aliphatic rings. The summed E-state index contributed by atoms with van der Waals surface area (Å²) >= 11 is 0. The minimum absolute atomic E-state index is 0.0289. The van der Waals surface area contributed by atoms with Crippen LogP contribution >= 0.6 is 0 Å². The molecule has 0 saturated carbocycles. The summed E-state index contributed by atoms with van der Waals surface area (Å²) in [5.74, 6) is 2.38. The largest absolute Gasteiger partial charge is 0.458 e. The van der Waals surface area contributed by atoms with Gasteiger partial charge in [-0.15, -0.1) is 0 Å². The standard InChI is InChI=1S/C58H58N4O/c1-55(2,3)42-28-29-59-54(36-42)62-52-35-43(57(7,8)40-18-13-11-14-19-40)24-26-50(52)51-27-25-49(38-53(51)62)63-48-23-17-22-46(37-48)60-30-31-61(39-60)47-33-44(56(4,5)6)32-45(34-47)58(9,10)41-20-15-12-16-21-41/h11-38H,1-10H3. The average molecular weight is 827 g/mol. The molecule has 9 rings (SSSR count). The third-order valence-electron chi connectivity index (χ3n) is 13.0. The topological polar surface area (TPSA) is 35.9 Å². The molecule has 0 spiro atoms. The van der Waals surface area contributed by atoms with Gasteiger partial charge in [-0.25, -0.2) is 4.98 Å². The molecule has 0 aliphatic heterocycles. The van der Waals surface area contributed by atoms with Crippen LogP contribution in [0.25, 0.3) is 39.0 Å². The molecule has 0 saturated heterocycles. The van der Waals surface area contributed by atoms with Gasteiger partial charge in [-0.3, -0.25) is 13.7 Å². The zero-order chi connectivity index (χ0) is 44.3. The fraction of sp³-hybridized carbons (Fsp3) is 0.241. The van der Waals surface area contributed by atoms with Crippen molar-refractivity contribution in [2.45, 2.75) is 90.9 Å². The van der Waals surface area contributed by atoms with Gasteiger partial charge in [0.25, 0.3) is 6.33 Å². The van der Waals surface area contributed by atoms with E-state index < -0.39 is 0 Å². The molecule has 3 heterocycles. The van der Waals surface area contributed by atoms with Crippen LogP contribution in [-0.4, -0.2) is 14.1 Å². The number of fused-ring (bicyclic) bond motifs is 3. The highest BCUT2D eigenvalue weighted by molar-refractivity contribution is 6.09. The fourth-order valence-electron chi connectivity index (χ4n) is 8.73. The Balaban J connectivity index is 1.08. The molecule has 5 heteroatoms. The first kappa shape index (κ1) is 41.6. The number of hydrogen-bond donors (Lipinski definition) is 0. The molecular formula is C58H58N4O. The summed E-state index contributed by atoms with van der Waals surface area (Å²) < 4.78 is 13.2. The summed E-state index contributed by atoms with van der Waals surface area (Å²) in [6.45, 7) is 22.8. The van der Waals surface area contributed by atoms with Crippen molar-refractivity contribution in [1.29, 1.82) is 0 Å². The number of rotatable bonds is 9. The maximum Gasteiger partial charge on any atom is 0.268 e. The second-order valence-electron chi connectivity index (χ2n) is 20.1. The molecule has 0 bridgehead atoms. The van der Waals surface area contributed by atoms with E-state index in [9.17, 15) is 0 Å². The van der Waals surface area contributed by atoms with E-state index in [-0.39, 0.29) is 21.7 Å². The van der Waals surface area contributed by atoms with Gasteiger partial charge in [-0.2, -0.15) is 0 Å². The normalized spacial score (nSPS) is 12.6. The molecule has 0 N–H and O–H groups in total. The maximum atomic E-state index is 6.72. The van der Waals surface area contributed by atoms with Gasteiger partial charge < -0.3 is 4.74 Å². The van der Waals surface area contributed by atoms with Crippen molar-refractivity contribution >= 4 is 21.8 Å². The number of pyridine rings is 1. The van der Waals surface area contributed by atoms with Gasteiger partial charge in [-0.1, -0.05) is 154 Å². The molecule has 0 fully saturated rings. The third kappa shape index (κ3) is 7.97. The Hall–Kier alpha value is -6.72. The first-order chi connectivity index (χ1) is 30.0. The third-order valence-corrected chi connectivity index (χ3v) is 13.0. The lowest BCUT2D eigenvalue weighted by Crippen LogP contribution is -2.31. The van der Waals surface area contributed by atoms with Crippen molar-refractivity contribution < 1.29 is 9.30 Å². The van der Waals surface area contributed by atoms with Crippen molar-refractivity contribution in [3.8, 4) is 28.7 Å². The van der Waals surface area contributed by atoms with Crippen molar-refractivity contribution in [3.05, 3.63) is 210 Å². The minimum Gasteiger partial charge on any atom is -0.458 e. The second kappa shape index (κ2) is 15.6. The lowest BCUT2D eigenvalue weighted by Gasteiger charge is -2.30. The van der Waals surface area contributed by atoms with E-state index in [1.165, 1.54) is 38.8 Å². The van der Waals surface area contributed by atoms with Gasteiger partial charge in [0.1, 0.15) is 17.3 Å². The summed E-state index contributed by atoms with van der Waals surface area (Å²) in [5, 5.41) is 2.32. The fourth-order valence-corrected chi connectivity index (χ4v) is 8.73. The summed E-state index contributed by atoms with van der Waals surface area (Å²) in [4.78, 5) is 4.99. The number of benzene rings is 6. The van der Waals surface area contributed by atoms with Crippen LogP contribution in [0.15, 0.2) is 170 Å². The Morgan fingerprint density at radius 2 is 1.10 bits per heavy atom. The maximum absolute atomic E-state index is 6.72. The Morgan fingerprint density at radius 1 is 0.492 bits per heavy atom. The van der Waals surface area contributed by atoms with Crippen molar-refractivity contribution in [2.24, 2.45) is 0 Å². The monoisotopic (exact) mass is 826 g/mol. The molecule has 316 valence electrons. The smallest absolute Gasteiger partial charge is 0.268 e. The van der Waals surface area contributed by atoms with Gasteiger partial charge in [0.2, 0.25) is 0 Å². The minimum atomic E-state index is -0.203. The van der Waals surface area contributed by atoms with Crippen LogP contribution < -0.4 is 9.30 Å². The van der Waals surface area contributed by atoms with E-state index in [0.717, 1.165) is 45.1 Å². The highest BCUT2D eigenvalue weighted by atomic mass is 16.5. The predicted molar refractivity (Wildman–Crippen MR) is 259 cm³/mol. The number of nitrogens with zero attached hydrogens (tertiary/aromatic N) is 4. The summed E-state index contributed by atoms with van der Waals surface area (Å²) in [5.41, 5.74) is 11.3. The second-order valence-corrected chi connectivity index (χ2v) is 20.1. The van der Waals surface area contributed by atoms with Gasteiger partial charge in [-0.05, 0) is 105 Å². The van der Waals surface area contributed by atoms with E-state index in [0.29, 0.717) is 0 Å². The Bertz CT molecular complexity index is 3100.